The Hall–Kier alpha value is -1.35. The average Bonchev–Trinajstić information content (AvgIpc) is 2.86. The van der Waals surface area contributed by atoms with E-state index in [4.69, 9.17) is 9.47 Å². The fourth-order valence-electron chi connectivity index (χ4n) is 1.65. The zero-order valence-corrected chi connectivity index (χ0v) is 10.3. The molecule has 0 aliphatic rings. The fraction of sp³-hybridized carbons (Fsp3) is 0.583. The molecule has 17 heavy (non-hydrogen) atoms. The van der Waals surface area contributed by atoms with Crippen LogP contribution in [0.4, 0.5) is 0 Å². The van der Waals surface area contributed by atoms with Crippen molar-refractivity contribution in [1.29, 1.82) is 5.26 Å². The smallest absolute Gasteiger partial charge is 0.138 e. The van der Waals surface area contributed by atoms with Gasteiger partial charge in [-0.1, -0.05) is 0 Å². The van der Waals surface area contributed by atoms with Crippen LogP contribution in [-0.2, 0) is 9.47 Å². The summed E-state index contributed by atoms with van der Waals surface area (Å²) in [6.07, 6.45) is 1.82. The van der Waals surface area contributed by atoms with Crippen LogP contribution in [0.3, 0.4) is 0 Å². The number of hydrogen-bond donors (Lipinski definition) is 1. The van der Waals surface area contributed by atoms with Gasteiger partial charge in [-0.25, -0.2) is 0 Å². The molecule has 1 rings (SSSR count). The van der Waals surface area contributed by atoms with E-state index in [1.165, 1.54) is 0 Å². The fourth-order valence-corrected chi connectivity index (χ4v) is 1.65. The number of nitrogens with one attached hydrogen (secondary N) is 1. The molecule has 94 valence electrons. The van der Waals surface area contributed by atoms with Gasteiger partial charge < -0.3 is 14.5 Å². The van der Waals surface area contributed by atoms with Crippen molar-refractivity contribution in [2.24, 2.45) is 0 Å². The number of aromatic nitrogens is 1. The molecule has 0 fully saturated rings. The Bertz CT molecular complexity index is 324. The standard InChI is InChI=1S/C12H19N3O2/c1-16-8-6-15(7-9-17-2)12(10-13)11-4-3-5-14-11/h3-5,12,14H,6-9H2,1-2H3. The summed E-state index contributed by atoms with van der Waals surface area (Å²) >= 11 is 0. The minimum absolute atomic E-state index is 0.282. The van der Waals surface area contributed by atoms with E-state index < -0.39 is 0 Å². The molecule has 0 amide bonds. The summed E-state index contributed by atoms with van der Waals surface area (Å²) in [7, 11) is 3.31. The third-order valence-electron chi connectivity index (χ3n) is 2.57. The number of rotatable bonds is 8. The number of ether oxygens (including phenoxy) is 2. The Morgan fingerprint density at radius 3 is 2.41 bits per heavy atom. The minimum atomic E-state index is -0.282. The maximum atomic E-state index is 9.27. The second-order valence-electron chi connectivity index (χ2n) is 3.68. The van der Waals surface area contributed by atoms with Crippen molar-refractivity contribution in [1.82, 2.24) is 9.88 Å². The molecule has 0 aromatic carbocycles. The number of methoxy groups -OCH3 is 2. The van der Waals surface area contributed by atoms with Gasteiger partial charge in [-0.15, -0.1) is 0 Å². The summed E-state index contributed by atoms with van der Waals surface area (Å²) in [4.78, 5) is 5.12. The molecule has 1 heterocycles. The second kappa shape index (κ2) is 7.85. The largest absolute Gasteiger partial charge is 0.383 e. The molecule has 0 bridgehead atoms. The van der Waals surface area contributed by atoms with Gasteiger partial charge in [0.15, 0.2) is 0 Å². The van der Waals surface area contributed by atoms with Gasteiger partial charge in [-0.2, -0.15) is 5.26 Å². The Balaban J connectivity index is 2.68. The Morgan fingerprint density at radius 2 is 2.00 bits per heavy atom. The average molecular weight is 237 g/mol. The van der Waals surface area contributed by atoms with Crippen LogP contribution in [0.2, 0.25) is 0 Å². The van der Waals surface area contributed by atoms with E-state index in [9.17, 15) is 5.26 Å². The number of nitrogens with zero attached hydrogens (tertiary/aromatic N) is 2. The van der Waals surface area contributed by atoms with Crippen LogP contribution in [0, 0.1) is 11.3 Å². The lowest BCUT2D eigenvalue weighted by molar-refractivity contribution is 0.0999. The van der Waals surface area contributed by atoms with Crippen molar-refractivity contribution in [3.8, 4) is 6.07 Å². The first-order valence-corrected chi connectivity index (χ1v) is 5.58. The van der Waals surface area contributed by atoms with Crippen LogP contribution in [0.5, 0.6) is 0 Å². The summed E-state index contributed by atoms with van der Waals surface area (Å²) in [5.41, 5.74) is 0.903. The highest BCUT2D eigenvalue weighted by Crippen LogP contribution is 2.17. The van der Waals surface area contributed by atoms with Gasteiger partial charge in [0.1, 0.15) is 6.04 Å². The van der Waals surface area contributed by atoms with E-state index in [-0.39, 0.29) is 6.04 Å². The van der Waals surface area contributed by atoms with Crippen LogP contribution >= 0.6 is 0 Å². The van der Waals surface area contributed by atoms with Gasteiger partial charge in [0.05, 0.1) is 19.3 Å². The molecule has 0 saturated heterocycles. The van der Waals surface area contributed by atoms with E-state index in [0.717, 1.165) is 5.69 Å². The molecule has 0 saturated carbocycles. The second-order valence-corrected chi connectivity index (χ2v) is 3.68. The van der Waals surface area contributed by atoms with Gasteiger partial charge in [-0.3, -0.25) is 4.90 Å². The number of aromatic amines is 1. The molecule has 5 nitrogen and oxygen atoms in total. The van der Waals surface area contributed by atoms with E-state index in [1.54, 1.807) is 14.2 Å². The zero-order chi connectivity index (χ0) is 12.5. The molecule has 0 aliphatic heterocycles. The van der Waals surface area contributed by atoms with Crippen molar-refractivity contribution in [2.75, 3.05) is 40.5 Å². The Morgan fingerprint density at radius 1 is 1.35 bits per heavy atom. The highest BCUT2D eigenvalue weighted by Gasteiger charge is 2.20. The summed E-state index contributed by atoms with van der Waals surface area (Å²) < 4.78 is 10.1. The predicted octanol–water partition coefficient (Wildman–Crippen LogP) is 1.17. The van der Waals surface area contributed by atoms with Crippen LogP contribution < -0.4 is 0 Å². The molecule has 0 spiro atoms. The lowest BCUT2D eigenvalue weighted by atomic mass is 10.2. The molecule has 1 N–H and O–H groups in total. The lowest BCUT2D eigenvalue weighted by Gasteiger charge is -2.25. The topological polar surface area (TPSA) is 61.3 Å². The quantitative estimate of drug-likeness (QED) is 0.737. The maximum Gasteiger partial charge on any atom is 0.138 e. The van der Waals surface area contributed by atoms with Crippen molar-refractivity contribution in [3.05, 3.63) is 24.0 Å². The highest BCUT2D eigenvalue weighted by molar-refractivity contribution is 5.16. The molecule has 0 aliphatic carbocycles. The predicted molar refractivity (Wildman–Crippen MR) is 64.5 cm³/mol. The van der Waals surface area contributed by atoms with Crippen molar-refractivity contribution < 1.29 is 9.47 Å². The molecule has 0 radical (unpaired) electrons. The molecule has 1 unspecified atom stereocenters. The minimum Gasteiger partial charge on any atom is -0.383 e. The molecule has 1 aromatic heterocycles. The zero-order valence-electron chi connectivity index (χ0n) is 10.3. The SMILES string of the molecule is COCCN(CCOC)C(C#N)c1ccc[nH]1. The van der Waals surface area contributed by atoms with Crippen LogP contribution in [0.1, 0.15) is 11.7 Å². The van der Waals surface area contributed by atoms with E-state index in [1.807, 2.05) is 23.2 Å². The third-order valence-corrected chi connectivity index (χ3v) is 2.57. The number of hydrogen-bond acceptors (Lipinski definition) is 4. The van der Waals surface area contributed by atoms with Crippen LogP contribution in [-0.4, -0.2) is 50.4 Å². The number of nitriles is 1. The first-order valence-electron chi connectivity index (χ1n) is 5.58. The summed E-state index contributed by atoms with van der Waals surface area (Å²) in [6, 6.07) is 5.83. The molecular formula is C12H19N3O2. The van der Waals surface area contributed by atoms with Crippen molar-refractivity contribution in [3.63, 3.8) is 0 Å². The maximum absolute atomic E-state index is 9.27. The van der Waals surface area contributed by atoms with Gasteiger partial charge in [-0.05, 0) is 12.1 Å². The first kappa shape index (κ1) is 13.7. The molecule has 1 atom stereocenters. The Labute approximate surface area is 102 Å². The molecule has 1 aromatic rings. The van der Waals surface area contributed by atoms with Gasteiger partial charge >= 0.3 is 0 Å². The number of H-pyrrole nitrogens is 1. The first-order chi connectivity index (χ1) is 8.33. The summed E-state index contributed by atoms with van der Waals surface area (Å²) in [5.74, 6) is 0. The van der Waals surface area contributed by atoms with Crippen molar-refractivity contribution >= 4 is 0 Å². The third kappa shape index (κ3) is 4.19. The normalized spacial score (nSPS) is 12.6. The molecular weight excluding hydrogens is 218 g/mol. The van der Waals surface area contributed by atoms with Gasteiger partial charge in [0, 0.05) is 39.2 Å². The van der Waals surface area contributed by atoms with E-state index in [2.05, 4.69) is 11.1 Å². The van der Waals surface area contributed by atoms with Gasteiger partial charge in [0.25, 0.3) is 0 Å². The Kier molecular flexibility index (Phi) is 6.33. The van der Waals surface area contributed by atoms with E-state index in [0.29, 0.717) is 26.3 Å². The van der Waals surface area contributed by atoms with Crippen molar-refractivity contribution in [2.45, 2.75) is 6.04 Å². The highest BCUT2D eigenvalue weighted by atomic mass is 16.5. The van der Waals surface area contributed by atoms with E-state index >= 15 is 0 Å². The van der Waals surface area contributed by atoms with Crippen LogP contribution in [0.25, 0.3) is 0 Å². The summed E-state index contributed by atoms with van der Waals surface area (Å²) in [6.45, 7) is 2.61. The monoisotopic (exact) mass is 237 g/mol. The summed E-state index contributed by atoms with van der Waals surface area (Å²) in [5, 5.41) is 9.27. The van der Waals surface area contributed by atoms with Crippen LogP contribution in [0.15, 0.2) is 18.3 Å². The van der Waals surface area contributed by atoms with Gasteiger partial charge in [0.2, 0.25) is 0 Å². The molecule has 5 heteroatoms. The lowest BCUT2D eigenvalue weighted by Crippen LogP contribution is -2.34.